The summed E-state index contributed by atoms with van der Waals surface area (Å²) in [6.45, 7) is 4.41. The molecule has 0 saturated carbocycles. The van der Waals surface area contributed by atoms with E-state index in [0.29, 0.717) is 35.8 Å². The first-order valence-corrected chi connectivity index (χ1v) is 10.8. The van der Waals surface area contributed by atoms with Gasteiger partial charge in [0.25, 0.3) is 5.91 Å². The molecule has 1 aromatic carbocycles. The van der Waals surface area contributed by atoms with Crippen molar-refractivity contribution in [1.29, 1.82) is 0 Å². The van der Waals surface area contributed by atoms with Crippen LogP contribution in [0.1, 0.15) is 42.6 Å². The molecule has 1 N–H and O–H groups in total. The molecule has 0 unspecified atom stereocenters. The number of carbonyl (C=O) groups is 1. The summed E-state index contributed by atoms with van der Waals surface area (Å²) in [4.78, 5) is 15.7. The van der Waals surface area contributed by atoms with Crippen LogP contribution in [0.5, 0.6) is 0 Å². The van der Waals surface area contributed by atoms with Gasteiger partial charge in [0.15, 0.2) is 0 Å². The molecule has 2 aromatic rings. The van der Waals surface area contributed by atoms with Crippen LogP contribution >= 0.6 is 11.6 Å². The highest BCUT2D eigenvalue weighted by Gasteiger charge is 2.33. The van der Waals surface area contributed by atoms with E-state index in [4.69, 9.17) is 16.3 Å². The zero-order valence-corrected chi connectivity index (χ0v) is 17.4. The fourth-order valence-corrected chi connectivity index (χ4v) is 5.16. The number of benzene rings is 1. The number of piperidine rings is 2. The number of hydrogen-bond acceptors (Lipinski definition) is 3. The van der Waals surface area contributed by atoms with Gasteiger partial charge in [0.2, 0.25) is 0 Å². The molecule has 3 heterocycles. The molecule has 1 aromatic heterocycles. The van der Waals surface area contributed by atoms with Crippen LogP contribution < -0.4 is 5.32 Å². The van der Waals surface area contributed by atoms with Crippen LogP contribution in [0.25, 0.3) is 10.9 Å². The van der Waals surface area contributed by atoms with Gasteiger partial charge in [0.05, 0.1) is 6.61 Å². The molecule has 2 atom stereocenters. The SMILES string of the molecule is COCCn1c(C(=O)NC[C@H]2CCCN3CCCC[C@@H]23)cc2cc(Cl)ccc21. The molecular weight excluding hydrogens is 374 g/mol. The van der Waals surface area contributed by atoms with Gasteiger partial charge in [-0.15, -0.1) is 0 Å². The zero-order chi connectivity index (χ0) is 19.5. The smallest absolute Gasteiger partial charge is 0.267 e. The summed E-state index contributed by atoms with van der Waals surface area (Å²) in [5.41, 5.74) is 1.70. The van der Waals surface area contributed by atoms with Crippen molar-refractivity contribution in [2.45, 2.75) is 44.7 Å². The molecule has 2 saturated heterocycles. The van der Waals surface area contributed by atoms with Crippen molar-refractivity contribution in [3.63, 3.8) is 0 Å². The second-order valence-electron chi connectivity index (χ2n) is 8.09. The second-order valence-corrected chi connectivity index (χ2v) is 8.53. The quantitative estimate of drug-likeness (QED) is 0.794. The minimum absolute atomic E-state index is 0.00337. The number of amides is 1. The number of aromatic nitrogens is 1. The average molecular weight is 404 g/mol. The van der Waals surface area contributed by atoms with Crippen LogP contribution in [0.3, 0.4) is 0 Å². The largest absolute Gasteiger partial charge is 0.383 e. The van der Waals surface area contributed by atoms with E-state index >= 15 is 0 Å². The van der Waals surface area contributed by atoms with Crippen LogP contribution in [0, 0.1) is 5.92 Å². The summed E-state index contributed by atoms with van der Waals surface area (Å²) < 4.78 is 7.29. The van der Waals surface area contributed by atoms with Crippen molar-refractivity contribution in [2.24, 2.45) is 5.92 Å². The Labute approximate surface area is 172 Å². The molecule has 5 nitrogen and oxygen atoms in total. The van der Waals surface area contributed by atoms with Gasteiger partial charge >= 0.3 is 0 Å². The minimum Gasteiger partial charge on any atom is -0.383 e. The van der Waals surface area contributed by atoms with Crippen LogP contribution in [0.15, 0.2) is 24.3 Å². The van der Waals surface area contributed by atoms with E-state index in [0.717, 1.165) is 17.4 Å². The lowest BCUT2D eigenvalue weighted by atomic mass is 9.83. The molecule has 0 aliphatic carbocycles. The molecule has 0 bridgehead atoms. The lowest BCUT2D eigenvalue weighted by Gasteiger charge is -2.44. The van der Waals surface area contributed by atoms with E-state index in [1.165, 1.54) is 45.2 Å². The average Bonchev–Trinajstić information content (AvgIpc) is 3.08. The minimum atomic E-state index is -0.00337. The van der Waals surface area contributed by atoms with E-state index in [9.17, 15) is 4.79 Å². The van der Waals surface area contributed by atoms with Crippen LogP contribution in [0.4, 0.5) is 0 Å². The second kappa shape index (κ2) is 8.85. The maximum absolute atomic E-state index is 13.1. The van der Waals surface area contributed by atoms with Crippen LogP contribution in [-0.4, -0.2) is 54.8 Å². The van der Waals surface area contributed by atoms with Crippen molar-refractivity contribution in [2.75, 3.05) is 33.4 Å². The predicted molar refractivity (Wildman–Crippen MR) is 113 cm³/mol. The predicted octanol–water partition coefficient (Wildman–Crippen LogP) is 3.94. The number of nitrogens with one attached hydrogen (secondary N) is 1. The highest BCUT2D eigenvalue weighted by Crippen LogP contribution is 2.30. The molecule has 4 rings (SSSR count). The highest BCUT2D eigenvalue weighted by atomic mass is 35.5. The fraction of sp³-hybridized carbons (Fsp3) is 0.591. The number of ether oxygens (including phenoxy) is 1. The van der Waals surface area contributed by atoms with Gasteiger partial charge in [-0.3, -0.25) is 4.79 Å². The molecule has 2 fully saturated rings. The number of methoxy groups -OCH3 is 1. The van der Waals surface area contributed by atoms with Crippen LogP contribution in [0.2, 0.25) is 5.02 Å². The number of hydrogen-bond donors (Lipinski definition) is 1. The van der Waals surface area contributed by atoms with Crippen molar-refractivity contribution in [3.05, 3.63) is 35.0 Å². The lowest BCUT2D eigenvalue weighted by molar-refractivity contribution is 0.0574. The molecule has 152 valence electrons. The topological polar surface area (TPSA) is 46.5 Å². The molecule has 0 radical (unpaired) electrons. The molecule has 0 spiro atoms. The molecule has 1 amide bonds. The van der Waals surface area contributed by atoms with Gasteiger partial charge in [-0.2, -0.15) is 0 Å². The lowest BCUT2D eigenvalue weighted by Crippen LogP contribution is -2.51. The Balaban J connectivity index is 1.50. The van der Waals surface area contributed by atoms with E-state index in [1.54, 1.807) is 7.11 Å². The summed E-state index contributed by atoms with van der Waals surface area (Å²) in [6.07, 6.45) is 6.36. The van der Waals surface area contributed by atoms with Crippen molar-refractivity contribution in [3.8, 4) is 0 Å². The number of carbonyl (C=O) groups excluding carboxylic acids is 1. The monoisotopic (exact) mass is 403 g/mol. The van der Waals surface area contributed by atoms with Crippen LogP contribution in [-0.2, 0) is 11.3 Å². The van der Waals surface area contributed by atoms with Gasteiger partial charge < -0.3 is 19.5 Å². The first-order valence-electron chi connectivity index (χ1n) is 10.5. The van der Waals surface area contributed by atoms with E-state index < -0.39 is 0 Å². The third kappa shape index (κ3) is 4.07. The number of nitrogens with zero attached hydrogens (tertiary/aromatic N) is 2. The first kappa shape index (κ1) is 19.7. The van der Waals surface area contributed by atoms with E-state index in [-0.39, 0.29) is 5.91 Å². The van der Waals surface area contributed by atoms with E-state index in [1.807, 2.05) is 28.8 Å². The summed E-state index contributed by atoms with van der Waals surface area (Å²) in [7, 11) is 1.68. The number of halogens is 1. The Kier molecular flexibility index (Phi) is 6.24. The Morgan fingerprint density at radius 3 is 2.93 bits per heavy atom. The normalized spacial score (nSPS) is 22.9. The number of rotatable bonds is 6. The Morgan fingerprint density at radius 1 is 1.21 bits per heavy atom. The number of fused-ring (bicyclic) bond motifs is 2. The highest BCUT2D eigenvalue weighted by molar-refractivity contribution is 6.31. The van der Waals surface area contributed by atoms with Gasteiger partial charge in [-0.05, 0) is 69.0 Å². The van der Waals surface area contributed by atoms with Crippen molar-refractivity contribution < 1.29 is 9.53 Å². The molecule has 2 aliphatic heterocycles. The van der Waals surface area contributed by atoms with Gasteiger partial charge in [-0.25, -0.2) is 0 Å². The van der Waals surface area contributed by atoms with Gasteiger partial charge in [0, 0.05) is 42.2 Å². The van der Waals surface area contributed by atoms with Crippen molar-refractivity contribution >= 4 is 28.4 Å². The third-order valence-electron chi connectivity index (χ3n) is 6.37. The van der Waals surface area contributed by atoms with Crippen molar-refractivity contribution in [1.82, 2.24) is 14.8 Å². The summed E-state index contributed by atoms with van der Waals surface area (Å²) in [5.74, 6) is 0.556. The molecule has 28 heavy (non-hydrogen) atoms. The maximum atomic E-state index is 13.1. The summed E-state index contributed by atoms with van der Waals surface area (Å²) in [6, 6.07) is 8.35. The molecular formula is C22H30ClN3O2. The standard InChI is InChI=1S/C22H30ClN3O2/c1-28-12-11-26-20-8-7-18(23)13-17(20)14-21(26)22(27)24-15-16-5-4-10-25-9-3-2-6-19(16)25/h7-8,13-14,16,19H,2-6,9-12,15H2,1H3,(H,24,27)/t16-,19+/m1/s1. The summed E-state index contributed by atoms with van der Waals surface area (Å²) >= 11 is 6.15. The Hall–Kier alpha value is -1.56. The van der Waals surface area contributed by atoms with Gasteiger partial charge in [0.1, 0.15) is 5.69 Å². The Morgan fingerprint density at radius 2 is 2.07 bits per heavy atom. The van der Waals surface area contributed by atoms with E-state index in [2.05, 4.69) is 10.2 Å². The molecule has 6 heteroatoms. The third-order valence-corrected chi connectivity index (χ3v) is 6.60. The fourth-order valence-electron chi connectivity index (χ4n) is 4.98. The van der Waals surface area contributed by atoms with Gasteiger partial charge in [-0.1, -0.05) is 18.0 Å². The first-order chi connectivity index (χ1) is 13.7. The molecule has 2 aliphatic rings. The Bertz CT molecular complexity index is 833. The summed E-state index contributed by atoms with van der Waals surface area (Å²) in [5, 5.41) is 4.91. The maximum Gasteiger partial charge on any atom is 0.267 e. The zero-order valence-electron chi connectivity index (χ0n) is 16.6.